The minimum Gasteiger partial charge on any atom is -0.356 e. The molecular weight excluding hydrogens is 318 g/mol. The summed E-state index contributed by atoms with van der Waals surface area (Å²) in [7, 11) is 1.87. The summed E-state index contributed by atoms with van der Waals surface area (Å²) < 4.78 is 2.10. The molecule has 1 aliphatic heterocycles. The Morgan fingerprint density at radius 1 is 1.50 bits per heavy atom. The number of aromatic nitrogens is 2. The predicted octanol–water partition coefficient (Wildman–Crippen LogP) is 2.59. The number of guanidine groups is 1. The minimum absolute atomic E-state index is 0.721. The Morgan fingerprint density at radius 3 is 3.12 bits per heavy atom. The van der Waals surface area contributed by atoms with Crippen LogP contribution in [0.1, 0.15) is 24.6 Å². The van der Waals surface area contributed by atoms with Crippen molar-refractivity contribution in [3.05, 3.63) is 35.8 Å². The van der Waals surface area contributed by atoms with Gasteiger partial charge in [0.15, 0.2) is 5.96 Å². The average molecular weight is 346 g/mol. The van der Waals surface area contributed by atoms with Gasteiger partial charge in [-0.25, -0.2) is 4.98 Å². The van der Waals surface area contributed by atoms with E-state index >= 15 is 0 Å². The van der Waals surface area contributed by atoms with Crippen LogP contribution >= 0.6 is 11.8 Å². The first-order chi connectivity index (χ1) is 11.7. The van der Waals surface area contributed by atoms with Crippen LogP contribution in [0.3, 0.4) is 0 Å². The molecule has 130 valence electrons. The molecule has 24 heavy (non-hydrogen) atoms. The van der Waals surface area contributed by atoms with Crippen LogP contribution in [0.4, 0.5) is 0 Å². The zero-order valence-corrected chi connectivity index (χ0v) is 15.6. The third-order valence-corrected chi connectivity index (χ3v) is 5.87. The van der Waals surface area contributed by atoms with E-state index < -0.39 is 0 Å². The van der Waals surface area contributed by atoms with Crippen LogP contribution in [0.5, 0.6) is 0 Å². The number of nitrogens with one attached hydrogen (secondary N) is 1. The predicted molar refractivity (Wildman–Crippen MR) is 103 cm³/mol. The van der Waals surface area contributed by atoms with Gasteiger partial charge in [0.2, 0.25) is 0 Å². The molecule has 1 fully saturated rings. The Morgan fingerprint density at radius 2 is 2.38 bits per heavy atom. The van der Waals surface area contributed by atoms with E-state index in [1.807, 2.05) is 7.05 Å². The first kappa shape index (κ1) is 17.1. The average Bonchev–Trinajstić information content (AvgIpc) is 3.03. The second-order valence-corrected chi connectivity index (χ2v) is 7.63. The van der Waals surface area contributed by atoms with Crippen molar-refractivity contribution < 1.29 is 0 Å². The first-order valence-corrected chi connectivity index (χ1v) is 9.76. The van der Waals surface area contributed by atoms with Crippen LogP contribution in [0.2, 0.25) is 0 Å². The van der Waals surface area contributed by atoms with Gasteiger partial charge in [-0.1, -0.05) is 13.0 Å². The number of aryl methyl sites for hydroxylation is 1. The normalized spacial score (nSPS) is 19.0. The lowest BCUT2D eigenvalue weighted by Crippen LogP contribution is -2.48. The minimum atomic E-state index is 0.721. The molecule has 3 rings (SSSR count). The molecule has 1 atom stereocenters. The highest BCUT2D eigenvalue weighted by molar-refractivity contribution is 8.00. The summed E-state index contributed by atoms with van der Waals surface area (Å²) in [6, 6.07) is 4.16. The molecule has 0 spiro atoms. The fraction of sp³-hybridized carbons (Fsp3) is 0.556. The molecule has 0 saturated carbocycles. The Kier molecular flexibility index (Phi) is 5.66. The summed E-state index contributed by atoms with van der Waals surface area (Å²) in [5.41, 5.74) is 3.38. The molecule has 1 N–H and O–H groups in total. The van der Waals surface area contributed by atoms with Crippen molar-refractivity contribution in [2.45, 2.75) is 31.9 Å². The zero-order valence-electron chi connectivity index (χ0n) is 14.8. The van der Waals surface area contributed by atoms with Gasteiger partial charge in [0.1, 0.15) is 5.65 Å². The standard InChI is InChI=1S/C18H27N5S/c1-4-16-13-23(10-11-24-16)18(19-3)20-8-7-15-12-22-9-5-6-14(2)17(22)21-15/h5-6,9,12,16H,4,7-8,10-11,13H2,1-3H3,(H,19,20). The number of thioether (sulfide) groups is 1. The van der Waals surface area contributed by atoms with Gasteiger partial charge in [-0.3, -0.25) is 4.99 Å². The Hall–Kier alpha value is -1.69. The molecule has 1 aliphatic rings. The summed E-state index contributed by atoms with van der Waals surface area (Å²) in [6.45, 7) is 7.40. The quantitative estimate of drug-likeness (QED) is 0.683. The fourth-order valence-corrected chi connectivity index (χ4v) is 4.30. The largest absolute Gasteiger partial charge is 0.356 e. The monoisotopic (exact) mass is 345 g/mol. The van der Waals surface area contributed by atoms with Gasteiger partial charge in [0.05, 0.1) is 5.69 Å². The van der Waals surface area contributed by atoms with E-state index in [1.54, 1.807) is 0 Å². The fourth-order valence-electron chi connectivity index (χ4n) is 3.12. The van der Waals surface area contributed by atoms with Crippen molar-refractivity contribution in [1.29, 1.82) is 0 Å². The van der Waals surface area contributed by atoms with Crippen molar-refractivity contribution in [2.75, 3.05) is 32.4 Å². The van der Waals surface area contributed by atoms with Gasteiger partial charge in [0.25, 0.3) is 0 Å². The van der Waals surface area contributed by atoms with E-state index in [4.69, 9.17) is 4.98 Å². The number of fused-ring (bicyclic) bond motifs is 1. The third kappa shape index (κ3) is 3.86. The Balaban J connectivity index is 1.56. The molecule has 0 radical (unpaired) electrons. The van der Waals surface area contributed by atoms with E-state index in [9.17, 15) is 0 Å². The molecular formula is C18H27N5S. The second kappa shape index (κ2) is 7.92. The van der Waals surface area contributed by atoms with E-state index in [1.165, 1.54) is 17.7 Å². The van der Waals surface area contributed by atoms with Crippen molar-refractivity contribution in [2.24, 2.45) is 4.99 Å². The third-order valence-electron chi connectivity index (χ3n) is 4.50. The van der Waals surface area contributed by atoms with Gasteiger partial charge >= 0.3 is 0 Å². The van der Waals surface area contributed by atoms with Crippen LogP contribution in [-0.4, -0.2) is 57.9 Å². The summed E-state index contributed by atoms with van der Waals surface area (Å²) >= 11 is 2.08. The van der Waals surface area contributed by atoms with Crippen molar-refractivity contribution in [1.82, 2.24) is 19.6 Å². The number of nitrogens with zero attached hydrogens (tertiary/aromatic N) is 4. The molecule has 2 aromatic heterocycles. The highest BCUT2D eigenvalue weighted by Crippen LogP contribution is 2.21. The van der Waals surface area contributed by atoms with Crippen LogP contribution in [-0.2, 0) is 6.42 Å². The molecule has 1 saturated heterocycles. The highest BCUT2D eigenvalue weighted by atomic mass is 32.2. The van der Waals surface area contributed by atoms with Crippen molar-refractivity contribution in [3.63, 3.8) is 0 Å². The molecule has 6 heteroatoms. The highest BCUT2D eigenvalue weighted by Gasteiger charge is 2.21. The van der Waals surface area contributed by atoms with E-state index in [0.717, 1.165) is 48.6 Å². The lowest BCUT2D eigenvalue weighted by atomic mass is 10.3. The van der Waals surface area contributed by atoms with Gasteiger partial charge < -0.3 is 14.6 Å². The zero-order chi connectivity index (χ0) is 16.9. The topological polar surface area (TPSA) is 44.9 Å². The smallest absolute Gasteiger partial charge is 0.193 e. The second-order valence-electron chi connectivity index (χ2n) is 6.23. The number of aliphatic imine (C=N–C) groups is 1. The number of hydrogen-bond acceptors (Lipinski definition) is 3. The molecule has 0 bridgehead atoms. The molecule has 3 heterocycles. The lowest BCUT2D eigenvalue weighted by Gasteiger charge is -2.34. The van der Waals surface area contributed by atoms with E-state index in [-0.39, 0.29) is 0 Å². The maximum atomic E-state index is 4.74. The molecule has 1 unspecified atom stereocenters. The summed E-state index contributed by atoms with van der Waals surface area (Å²) in [5.74, 6) is 2.21. The maximum absolute atomic E-state index is 4.74. The number of pyridine rings is 1. The SMILES string of the molecule is CCC1CN(C(=NC)NCCc2cn3cccc(C)c3n2)CCS1. The molecule has 0 aromatic carbocycles. The maximum Gasteiger partial charge on any atom is 0.193 e. The Labute approximate surface area is 148 Å². The molecule has 0 amide bonds. The van der Waals surface area contributed by atoms with E-state index in [2.05, 4.69) is 69.7 Å². The first-order valence-electron chi connectivity index (χ1n) is 8.71. The summed E-state index contributed by atoms with van der Waals surface area (Å²) in [4.78, 5) is 11.6. The van der Waals surface area contributed by atoms with Gasteiger partial charge in [-0.15, -0.1) is 0 Å². The molecule has 5 nitrogen and oxygen atoms in total. The molecule has 0 aliphatic carbocycles. The van der Waals surface area contributed by atoms with Gasteiger partial charge in [-0.2, -0.15) is 11.8 Å². The van der Waals surface area contributed by atoms with Crippen molar-refractivity contribution in [3.8, 4) is 0 Å². The number of imidazole rings is 1. The lowest BCUT2D eigenvalue weighted by molar-refractivity contribution is 0.408. The van der Waals surface area contributed by atoms with Crippen LogP contribution in [0.15, 0.2) is 29.5 Å². The van der Waals surface area contributed by atoms with Crippen LogP contribution in [0, 0.1) is 6.92 Å². The van der Waals surface area contributed by atoms with Crippen molar-refractivity contribution >= 4 is 23.4 Å². The van der Waals surface area contributed by atoms with E-state index in [0.29, 0.717) is 0 Å². The number of hydrogen-bond donors (Lipinski definition) is 1. The summed E-state index contributed by atoms with van der Waals surface area (Å²) in [6.07, 6.45) is 6.30. The summed E-state index contributed by atoms with van der Waals surface area (Å²) in [5, 5.41) is 4.23. The molecule has 2 aromatic rings. The Bertz CT molecular complexity index is 708. The van der Waals surface area contributed by atoms with Crippen LogP contribution in [0.25, 0.3) is 5.65 Å². The number of rotatable bonds is 4. The van der Waals surface area contributed by atoms with Crippen LogP contribution < -0.4 is 5.32 Å². The van der Waals surface area contributed by atoms with Gasteiger partial charge in [-0.05, 0) is 25.0 Å². The van der Waals surface area contributed by atoms with Gasteiger partial charge in [0, 0.05) is 56.5 Å².